The third-order valence-electron chi connectivity index (χ3n) is 2.53. The van der Waals surface area contributed by atoms with Crippen LogP contribution in [-0.4, -0.2) is 16.2 Å². The summed E-state index contributed by atoms with van der Waals surface area (Å²) >= 11 is 0. The Bertz CT molecular complexity index is 470. The number of fused-ring (bicyclic) bond motifs is 1. The Morgan fingerprint density at radius 1 is 1.50 bits per heavy atom. The molecule has 0 radical (unpaired) electrons. The van der Waals surface area contributed by atoms with E-state index in [0.717, 1.165) is 0 Å². The highest BCUT2D eigenvalue weighted by atomic mass is 16.5. The molecule has 1 amide bonds. The second-order valence-corrected chi connectivity index (χ2v) is 3.71. The first kappa shape index (κ1) is 10.7. The number of nitrogens with one attached hydrogen (secondary N) is 2. The van der Waals surface area contributed by atoms with Gasteiger partial charge in [0.05, 0.1) is 0 Å². The first-order valence-electron chi connectivity index (χ1n) is 4.81. The Balaban J connectivity index is 2.53. The van der Waals surface area contributed by atoms with Gasteiger partial charge in [0.1, 0.15) is 0 Å². The van der Waals surface area contributed by atoms with Crippen molar-refractivity contribution in [2.45, 2.75) is 12.5 Å². The summed E-state index contributed by atoms with van der Waals surface area (Å²) in [4.78, 5) is 11.7. The first-order valence-corrected chi connectivity index (χ1v) is 4.81. The van der Waals surface area contributed by atoms with Gasteiger partial charge in [0, 0.05) is 16.9 Å². The van der Waals surface area contributed by atoms with Crippen molar-refractivity contribution in [2.24, 2.45) is 0 Å². The quantitative estimate of drug-likeness (QED) is 0.553. The van der Waals surface area contributed by atoms with Crippen molar-refractivity contribution in [3.05, 3.63) is 41.6 Å². The molecule has 0 saturated heterocycles. The van der Waals surface area contributed by atoms with Crippen LogP contribution in [0.25, 0.3) is 0 Å². The standard InChI is InChI=1S/C11H12N2O3/c1-7(13-16)6-11(15)8-4-2-3-5-9(8)12-10(11)14/h2-6,13,15-16H,1H3,(H,12,14)/b7-6+/t11-/m0/s1. The summed E-state index contributed by atoms with van der Waals surface area (Å²) < 4.78 is 0. The van der Waals surface area contributed by atoms with Gasteiger partial charge in [0.15, 0.2) is 5.60 Å². The SMILES string of the molecule is C/C(=C\[C@@]1(O)C(=O)Nc2ccccc21)NO. The van der Waals surface area contributed by atoms with Gasteiger partial charge in [-0.1, -0.05) is 18.2 Å². The van der Waals surface area contributed by atoms with E-state index in [0.29, 0.717) is 16.9 Å². The van der Waals surface area contributed by atoms with E-state index in [9.17, 15) is 9.90 Å². The van der Waals surface area contributed by atoms with E-state index in [1.165, 1.54) is 6.08 Å². The van der Waals surface area contributed by atoms with E-state index in [2.05, 4.69) is 5.32 Å². The number of allylic oxidation sites excluding steroid dienone is 1. The van der Waals surface area contributed by atoms with E-state index in [4.69, 9.17) is 5.21 Å². The normalized spacial score (nSPS) is 23.9. The predicted octanol–water partition coefficient (Wildman–Crippen LogP) is 0.709. The van der Waals surface area contributed by atoms with Crippen LogP contribution in [0.1, 0.15) is 12.5 Å². The van der Waals surface area contributed by atoms with Crippen LogP contribution in [0.2, 0.25) is 0 Å². The minimum absolute atomic E-state index is 0.300. The number of amides is 1. The minimum atomic E-state index is -1.73. The van der Waals surface area contributed by atoms with Crippen LogP contribution in [0.5, 0.6) is 0 Å². The molecule has 4 N–H and O–H groups in total. The minimum Gasteiger partial charge on any atom is -0.372 e. The fourth-order valence-corrected chi connectivity index (χ4v) is 1.75. The largest absolute Gasteiger partial charge is 0.372 e. The summed E-state index contributed by atoms with van der Waals surface area (Å²) in [6.07, 6.45) is 1.27. The number of carbonyl (C=O) groups excluding carboxylic acids is 1. The molecule has 1 heterocycles. The third-order valence-corrected chi connectivity index (χ3v) is 2.53. The molecule has 84 valence electrons. The number of benzene rings is 1. The van der Waals surface area contributed by atoms with Crippen LogP contribution in [0.4, 0.5) is 5.69 Å². The van der Waals surface area contributed by atoms with Crippen molar-refractivity contribution < 1.29 is 15.1 Å². The first-order chi connectivity index (χ1) is 7.58. The smallest absolute Gasteiger partial charge is 0.265 e. The van der Waals surface area contributed by atoms with Crippen molar-refractivity contribution in [1.82, 2.24) is 5.48 Å². The molecule has 5 nitrogen and oxygen atoms in total. The van der Waals surface area contributed by atoms with Crippen molar-refractivity contribution in [3.8, 4) is 0 Å². The van der Waals surface area contributed by atoms with Gasteiger partial charge >= 0.3 is 0 Å². The van der Waals surface area contributed by atoms with Gasteiger partial charge in [-0.3, -0.25) is 15.5 Å². The molecule has 0 fully saturated rings. The lowest BCUT2D eigenvalue weighted by Crippen LogP contribution is -2.33. The maximum absolute atomic E-state index is 11.7. The summed E-state index contributed by atoms with van der Waals surface area (Å²) in [5.74, 6) is -0.525. The zero-order valence-corrected chi connectivity index (χ0v) is 8.69. The zero-order chi connectivity index (χ0) is 11.8. The maximum Gasteiger partial charge on any atom is 0.265 e. The molecular formula is C11H12N2O3. The van der Waals surface area contributed by atoms with Crippen molar-refractivity contribution in [3.63, 3.8) is 0 Å². The Morgan fingerprint density at radius 3 is 2.88 bits per heavy atom. The third kappa shape index (κ3) is 1.46. The number of rotatable bonds is 2. The van der Waals surface area contributed by atoms with Crippen LogP contribution < -0.4 is 10.8 Å². The molecule has 2 rings (SSSR count). The van der Waals surface area contributed by atoms with Gasteiger partial charge in [0.2, 0.25) is 0 Å². The molecule has 0 spiro atoms. The van der Waals surface area contributed by atoms with Crippen LogP contribution in [0.3, 0.4) is 0 Å². The number of hydrogen-bond donors (Lipinski definition) is 4. The van der Waals surface area contributed by atoms with Crippen LogP contribution in [-0.2, 0) is 10.4 Å². The van der Waals surface area contributed by atoms with E-state index in [1.807, 2.05) is 5.48 Å². The average molecular weight is 220 g/mol. The molecule has 0 bridgehead atoms. The molecule has 0 saturated carbocycles. The highest BCUT2D eigenvalue weighted by Gasteiger charge is 2.43. The monoisotopic (exact) mass is 220 g/mol. The lowest BCUT2D eigenvalue weighted by Gasteiger charge is -2.17. The van der Waals surface area contributed by atoms with Crippen molar-refractivity contribution >= 4 is 11.6 Å². The Labute approximate surface area is 92.4 Å². The highest BCUT2D eigenvalue weighted by molar-refractivity contribution is 6.06. The molecule has 0 unspecified atom stereocenters. The second kappa shape index (κ2) is 3.62. The highest BCUT2D eigenvalue weighted by Crippen LogP contribution is 2.36. The molecular weight excluding hydrogens is 208 g/mol. The van der Waals surface area contributed by atoms with Gasteiger partial charge < -0.3 is 10.4 Å². The van der Waals surface area contributed by atoms with Gasteiger partial charge in [0.25, 0.3) is 5.91 Å². The van der Waals surface area contributed by atoms with E-state index in [1.54, 1.807) is 31.2 Å². The van der Waals surface area contributed by atoms with Crippen molar-refractivity contribution in [2.75, 3.05) is 5.32 Å². The molecule has 5 heteroatoms. The topological polar surface area (TPSA) is 81.6 Å². The van der Waals surface area contributed by atoms with E-state index >= 15 is 0 Å². The zero-order valence-electron chi connectivity index (χ0n) is 8.69. The van der Waals surface area contributed by atoms with Crippen LogP contribution in [0, 0.1) is 0 Å². The Kier molecular flexibility index (Phi) is 2.41. The molecule has 1 aliphatic heterocycles. The summed E-state index contributed by atoms with van der Waals surface area (Å²) in [7, 11) is 0. The fourth-order valence-electron chi connectivity index (χ4n) is 1.75. The summed E-state index contributed by atoms with van der Waals surface area (Å²) in [5.41, 5.74) is 1.53. The summed E-state index contributed by atoms with van der Waals surface area (Å²) in [6.45, 7) is 1.55. The fraction of sp³-hybridized carbons (Fsp3) is 0.182. The maximum atomic E-state index is 11.7. The Hall–Kier alpha value is -1.85. The lowest BCUT2D eigenvalue weighted by molar-refractivity contribution is -0.129. The summed E-state index contributed by atoms with van der Waals surface area (Å²) in [6, 6.07) is 6.88. The number of hydrogen-bond acceptors (Lipinski definition) is 4. The van der Waals surface area contributed by atoms with Crippen LogP contribution in [0.15, 0.2) is 36.0 Å². The van der Waals surface area contributed by atoms with E-state index < -0.39 is 11.5 Å². The van der Waals surface area contributed by atoms with Crippen LogP contribution >= 0.6 is 0 Å². The van der Waals surface area contributed by atoms with Gasteiger partial charge in [-0.2, -0.15) is 0 Å². The van der Waals surface area contributed by atoms with Gasteiger partial charge in [-0.05, 0) is 19.1 Å². The van der Waals surface area contributed by atoms with Gasteiger partial charge in [-0.25, -0.2) is 0 Å². The van der Waals surface area contributed by atoms with E-state index in [-0.39, 0.29) is 0 Å². The predicted molar refractivity (Wildman–Crippen MR) is 57.6 cm³/mol. The molecule has 16 heavy (non-hydrogen) atoms. The number of hydroxylamine groups is 1. The second-order valence-electron chi connectivity index (χ2n) is 3.71. The number of para-hydroxylation sites is 1. The van der Waals surface area contributed by atoms with Crippen molar-refractivity contribution in [1.29, 1.82) is 0 Å². The number of anilines is 1. The molecule has 1 atom stereocenters. The lowest BCUT2D eigenvalue weighted by atomic mass is 9.94. The summed E-state index contributed by atoms with van der Waals surface area (Å²) in [5, 5.41) is 21.5. The molecule has 0 aromatic heterocycles. The van der Waals surface area contributed by atoms with Gasteiger partial charge in [-0.15, -0.1) is 0 Å². The molecule has 0 aliphatic carbocycles. The Morgan fingerprint density at radius 2 is 2.19 bits per heavy atom. The average Bonchev–Trinajstić information content (AvgIpc) is 2.52. The molecule has 1 aromatic rings. The molecule has 1 aromatic carbocycles. The number of aliphatic hydroxyl groups is 1. The number of carbonyl (C=O) groups is 1. The molecule has 1 aliphatic rings.